The standard InChI is InChI=1S/C19H20N4O3/c1-4-25-19(24)13-26-18-11-16(9-10-17(18)23(2)3)22-21-15-7-5-14(12-20)6-8-15/h5-11H,4,13H2,1-3H3. The van der Waals surface area contributed by atoms with Crippen molar-refractivity contribution in [2.45, 2.75) is 6.92 Å². The van der Waals surface area contributed by atoms with Gasteiger partial charge in [-0.05, 0) is 43.3 Å². The molecule has 0 amide bonds. The zero-order valence-electron chi connectivity index (χ0n) is 15.0. The smallest absolute Gasteiger partial charge is 0.344 e. The molecule has 0 aliphatic rings. The number of esters is 1. The Hall–Kier alpha value is -3.40. The number of carbonyl (C=O) groups excluding carboxylic acids is 1. The van der Waals surface area contributed by atoms with Gasteiger partial charge in [0.15, 0.2) is 6.61 Å². The lowest BCUT2D eigenvalue weighted by Gasteiger charge is -2.17. The minimum atomic E-state index is -0.429. The maximum Gasteiger partial charge on any atom is 0.344 e. The third kappa shape index (κ3) is 5.31. The van der Waals surface area contributed by atoms with Crippen molar-refractivity contribution in [3.63, 3.8) is 0 Å². The molecule has 2 aromatic carbocycles. The number of carbonyl (C=O) groups is 1. The molecular weight excluding hydrogens is 332 g/mol. The predicted molar refractivity (Wildman–Crippen MR) is 98.2 cm³/mol. The van der Waals surface area contributed by atoms with E-state index in [0.717, 1.165) is 5.69 Å². The molecule has 0 heterocycles. The molecule has 134 valence electrons. The van der Waals surface area contributed by atoms with Gasteiger partial charge in [-0.25, -0.2) is 4.79 Å². The Balaban J connectivity index is 2.18. The molecule has 0 saturated carbocycles. The van der Waals surface area contributed by atoms with Gasteiger partial charge in [-0.2, -0.15) is 15.5 Å². The zero-order valence-corrected chi connectivity index (χ0v) is 15.0. The van der Waals surface area contributed by atoms with Crippen LogP contribution in [0.15, 0.2) is 52.7 Å². The number of hydrogen-bond acceptors (Lipinski definition) is 7. The van der Waals surface area contributed by atoms with E-state index in [2.05, 4.69) is 16.3 Å². The van der Waals surface area contributed by atoms with Gasteiger partial charge in [-0.3, -0.25) is 0 Å². The SMILES string of the molecule is CCOC(=O)COc1cc(N=Nc2ccc(C#N)cc2)ccc1N(C)C. The lowest BCUT2D eigenvalue weighted by Crippen LogP contribution is -2.16. The Bertz CT molecular complexity index is 824. The van der Waals surface area contributed by atoms with Crippen LogP contribution < -0.4 is 9.64 Å². The fourth-order valence-electron chi connectivity index (χ4n) is 2.11. The van der Waals surface area contributed by atoms with Gasteiger partial charge in [0.25, 0.3) is 0 Å². The molecule has 0 unspecified atom stereocenters. The van der Waals surface area contributed by atoms with Crippen LogP contribution in [0.25, 0.3) is 0 Å². The largest absolute Gasteiger partial charge is 0.480 e. The monoisotopic (exact) mass is 352 g/mol. The zero-order chi connectivity index (χ0) is 18.9. The highest BCUT2D eigenvalue weighted by molar-refractivity contribution is 5.72. The molecule has 0 fully saturated rings. The van der Waals surface area contributed by atoms with Gasteiger partial charge in [0.1, 0.15) is 5.75 Å². The first-order chi connectivity index (χ1) is 12.5. The van der Waals surface area contributed by atoms with Crippen LogP contribution in [0.1, 0.15) is 12.5 Å². The second-order valence-corrected chi connectivity index (χ2v) is 5.50. The number of azo groups is 1. The van der Waals surface area contributed by atoms with Crippen LogP contribution in [0.2, 0.25) is 0 Å². The molecule has 0 atom stereocenters. The Labute approximate surface area is 152 Å². The highest BCUT2D eigenvalue weighted by Gasteiger charge is 2.10. The van der Waals surface area contributed by atoms with Crippen molar-refractivity contribution >= 4 is 23.0 Å². The van der Waals surface area contributed by atoms with E-state index in [1.807, 2.05) is 25.1 Å². The number of hydrogen-bond donors (Lipinski definition) is 0. The lowest BCUT2D eigenvalue weighted by molar-refractivity contribution is -0.145. The van der Waals surface area contributed by atoms with E-state index in [-0.39, 0.29) is 6.61 Å². The van der Waals surface area contributed by atoms with Crippen molar-refractivity contribution in [3.05, 3.63) is 48.0 Å². The second-order valence-electron chi connectivity index (χ2n) is 5.50. The van der Waals surface area contributed by atoms with Gasteiger partial charge in [0.05, 0.1) is 35.3 Å². The Kier molecular flexibility index (Phi) is 6.68. The second kappa shape index (κ2) is 9.18. The predicted octanol–water partition coefficient (Wildman–Crippen LogP) is 3.98. The summed E-state index contributed by atoms with van der Waals surface area (Å²) in [5, 5.41) is 17.1. The number of nitriles is 1. The maximum atomic E-state index is 11.5. The minimum Gasteiger partial charge on any atom is -0.480 e. The van der Waals surface area contributed by atoms with Gasteiger partial charge in [0.2, 0.25) is 0 Å². The molecule has 0 spiro atoms. The van der Waals surface area contributed by atoms with Crippen molar-refractivity contribution in [3.8, 4) is 11.8 Å². The van der Waals surface area contributed by atoms with Crippen molar-refractivity contribution in [2.75, 3.05) is 32.2 Å². The average Bonchev–Trinajstić information content (AvgIpc) is 2.65. The molecule has 26 heavy (non-hydrogen) atoms. The summed E-state index contributed by atoms with van der Waals surface area (Å²) in [4.78, 5) is 13.4. The summed E-state index contributed by atoms with van der Waals surface area (Å²) < 4.78 is 10.5. The molecule has 7 heteroatoms. The van der Waals surface area contributed by atoms with Crippen LogP contribution in [0.5, 0.6) is 5.75 Å². The number of ether oxygens (including phenoxy) is 2. The molecule has 7 nitrogen and oxygen atoms in total. The van der Waals surface area contributed by atoms with E-state index < -0.39 is 5.97 Å². The van der Waals surface area contributed by atoms with E-state index in [0.29, 0.717) is 29.3 Å². The van der Waals surface area contributed by atoms with Crippen LogP contribution in [-0.2, 0) is 9.53 Å². The Morgan fingerprint density at radius 1 is 1.12 bits per heavy atom. The first-order valence-electron chi connectivity index (χ1n) is 8.05. The summed E-state index contributed by atoms with van der Waals surface area (Å²) in [5.41, 5.74) is 2.59. The van der Waals surface area contributed by atoms with E-state index in [1.165, 1.54) is 0 Å². The van der Waals surface area contributed by atoms with Crippen LogP contribution >= 0.6 is 0 Å². The molecule has 0 aromatic heterocycles. The first-order valence-corrected chi connectivity index (χ1v) is 8.05. The summed E-state index contributed by atoms with van der Waals surface area (Å²) in [6, 6.07) is 14.2. The van der Waals surface area contributed by atoms with Crippen molar-refractivity contribution in [2.24, 2.45) is 10.2 Å². The fraction of sp³-hybridized carbons (Fsp3) is 0.263. The fourth-order valence-corrected chi connectivity index (χ4v) is 2.11. The number of benzene rings is 2. The number of nitrogens with zero attached hydrogens (tertiary/aromatic N) is 4. The highest BCUT2D eigenvalue weighted by atomic mass is 16.6. The van der Waals surface area contributed by atoms with Crippen molar-refractivity contribution < 1.29 is 14.3 Å². The van der Waals surface area contributed by atoms with E-state index in [1.54, 1.807) is 43.3 Å². The summed E-state index contributed by atoms with van der Waals surface area (Å²) >= 11 is 0. The molecule has 0 N–H and O–H groups in total. The van der Waals surface area contributed by atoms with Gasteiger partial charge < -0.3 is 14.4 Å². The van der Waals surface area contributed by atoms with Crippen LogP contribution in [0.3, 0.4) is 0 Å². The number of rotatable bonds is 7. The molecule has 0 radical (unpaired) electrons. The normalized spacial score (nSPS) is 10.4. The summed E-state index contributed by atoms with van der Waals surface area (Å²) in [7, 11) is 3.76. The van der Waals surface area contributed by atoms with Crippen molar-refractivity contribution in [1.29, 1.82) is 5.26 Å². The highest BCUT2D eigenvalue weighted by Crippen LogP contribution is 2.32. The summed E-state index contributed by atoms with van der Waals surface area (Å²) in [5.74, 6) is 0.0844. The van der Waals surface area contributed by atoms with Crippen LogP contribution in [0, 0.1) is 11.3 Å². The van der Waals surface area contributed by atoms with E-state index in [4.69, 9.17) is 14.7 Å². The van der Waals surface area contributed by atoms with Crippen molar-refractivity contribution in [1.82, 2.24) is 0 Å². The molecule has 0 aliphatic heterocycles. The molecule has 0 bridgehead atoms. The molecule has 2 rings (SSSR count). The number of anilines is 1. The third-order valence-electron chi connectivity index (χ3n) is 3.35. The summed E-state index contributed by atoms with van der Waals surface area (Å²) in [6.45, 7) is 1.87. The third-order valence-corrected chi connectivity index (χ3v) is 3.35. The lowest BCUT2D eigenvalue weighted by atomic mass is 10.2. The van der Waals surface area contributed by atoms with Gasteiger partial charge >= 0.3 is 5.97 Å². The summed E-state index contributed by atoms with van der Waals surface area (Å²) in [6.07, 6.45) is 0. The molecule has 0 saturated heterocycles. The van der Waals surface area contributed by atoms with Gasteiger partial charge in [-0.15, -0.1) is 0 Å². The van der Waals surface area contributed by atoms with Crippen LogP contribution in [0.4, 0.5) is 17.1 Å². The van der Waals surface area contributed by atoms with Gasteiger partial charge in [0, 0.05) is 20.2 Å². The Morgan fingerprint density at radius 2 is 1.77 bits per heavy atom. The van der Waals surface area contributed by atoms with Crippen LogP contribution in [-0.4, -0.2) is 33.3 Å². The molecule has 2 aromatic rings. The minimum absolute atomic E-state index is 0.176. The molecule has 0 aliphatic carbocycles. The van der Waals surface area contributed by atoms with Gasteiger partial charge in [-0.1, -0.05) is 0 Å². The molecular formula is C19H20N4O3. The van der Waals surface area contributed by atoms with E-state index in [9.17, 15) is 4.79 Å². The first kappa shape index (κ1) is 18.9. The topological polar surface area (TPSA) is 87.3 Å². The van der Waals surface area contributed by atoms with E-state index >= 15 is 0 Å². The quantitative estimate of drug-likeness (QED) is 0.555. The maximum absolute atomic E-state index is 11.5. The average molecular weight is 352 g/mol. The Morgan fingerprint density at radius 3 is 2.38 bits per heavy atom.